The number of hydrogen-bond donors (Lipinski definition) is 2. The predicted octanol–water partition coefficient (Wildman–Crippen LogP) is 3.91. The zero-order valence-electron chi connectivity index (χ0n) is 10.6. The second kappa shape index (κ2) is 7.20. The minimum atomic E-state index is -0.0163. The smallest absolute Gasteiger partial charge is 0.261 e. The summed E-state index contributed by atoms with van der Waals surface area (Å²) in [5.74, 6) is 0.520. The van der Waals surface area contributed by atoms with Gasteiger partial charge in [0.25, 0.3) is 5.91 Å². The van der Waals surface area contributed by atoms with Gasteiger partial charge in [0.2, 0.25) is 0 Å². The molecular weight excluding hydrogens is 392 g/mol. The summed E-state index contributed by atoms with van der Waals surface area (Å²) in [5, 5.41) is 3.10. The van der Waals surface area contributed by atoms with E-state index in [0.717, 1.165) is 8.26 Å². The molecule has 0 bridgehead atoms. The van der Waals surface area contributed by atoms with E-state index in [-0.39, 0.29) is 11.9 Å². The van der Waals surface area contributed by atoms with Crippen LogP contribution in [0.25, 0.3) is 0 Å². The van der Waals surface area contributed by atoms with Crippen LogP contribution in [0.3, 0.4) is 0 Å². The van der Waals surface area contributed by atoms with Crippen LogP contribution in [0.4, 0.5) is 0 Å². The zero-order chi connectivity index (χ0) is 13.8. The van der Waals surface area contributed by atoms with E-state index in [1.54, 1.807) is 0 Å². The summed E-state index contributed by atoms with van der Waals surface area (Å²) in [4.78, 5) is 12.9. The van der Waals surface area contributed by atoms with Crippen molar-refractivity contribution in [3.8, 4) is 0 Å². The largest absolute Gasteiger partial charge is 0.347 e. The zero-order valence-corrected chi connectivity index (χ0v) is 14.6. The van der Waals surface area contributed by atoms with Crippen molar-refractivity contribution in [2.45, 2.75) is 38.1 Å². The maximum absolute atomic E-state index is 12.2. The summed E-state index contributed by atoms with van der Waals surface area (Å²) in [6.07, 6.45) is 6.19. The van der Waals surface area contributed by atoms with Crippen molar-refractivity contribution in [3.63, 3.8) is 0 Å². The van der Waals surface area contributed by atoms with E-state index in [2.05, 4.69) is 37.2 Å². The first-order chi connectivity index (χ1) is 9.11. The highest BCUT2D eigenvalue weighted by Gasteiger charge is 2.25. The second-order valence-corrected chi connectivity index (χ2v) is 8.17. The van der Waals surface area contributed by atoms with Crippen LogP contribution in [0.2, 0.25) is 0 Å². The van der Waals surface area contributed by atoms with E-state index in [9.17, 15) is 4.79 Å². The minimum Gasteiger partial charge on any atom is -0.347 e. The van der Waals surface area contributed by atoms with E-state index in [1.165, 1.54) is 43.4 Å². The molecule has 6 heteroatoms. The lowest BCUT2D eigenvalue weighted by Crippen LogP contribution is -2.45. The van der Waals surface area contributed by atoms with E-state index < -0.39 is 0 Å². The number of rotatable bonds is 4. The van der Waals surface area contributed by atoms with Crippen LogP contribution < -0.4 is 11.1 Å². The number of carbonyl (C=O) groups excluding carboxylic acids is 1. The van der Waals surface area contributed by atoms with Gasteiger partial charge >= 0.3 is 0 Å². The summed E-state index contributed by atoms with van der Waals surface area (Å²) in [5.41, 5.74) is 5.84. The summed E-state index contributed by atoms with van der Waals surface area (Å²) in [7, 11) is 0. The molecule has 0 radical (unpaired) electrons. The molecule has 0 spiro atoms. The van der Waals surface area contributed by atoms with Crippen molar-refractivity contribution < 1.29 is 4.79 Å². The SMILES string of the molecule is NCC(NC(=O)c1cc(Br)c(Br)s1)C1CCCCC1. The van der Waals surface area contributed by atoms with Crippen molar-refractivity contribution in [3.05, 3.63) is 19.2 Å². The van der Waals surface area contributed by atoms with Gasteiger partial charge in [-0.1, -0.05) is 19.3 Å². The third kappa shape index (κ3) is 4.03. The lowest BCUT2D eigenvalue weighted by molar-refractivity contribution is 0.0919. The number of nitrogens with one attached hydrogen (secondary N) is 1. The third-order valence-electron chi connectivity index (χ3n) is 3.66. The maximum Gasteiger partial charge on any atom is 0.261 e. The highest BCUT2D eigenvalue weighted by Crippen LogP contribution is 2.32. The Kier molecular flexibility index (Phi) is 5.87. The lowest BCUT2D eigenvalue weighted by atomic mass is 9.84. The Labute approximate surface area is 134 Å². The molecule has 1 aliphatic rings. The van der Waals surface area contributed by atoms with Gasteiger partial charge in [0.1, 0.15) is 0 Å². The van der Waals surface area contributed by atoms with Gasteiger partial charge in [0.15, 0.2) is 0 Å². The fourth-order valence-corrected chi connectivity index (χ4v) is 4.54. The van der Waals surface area contributed by atoms with Gasteiger partial charge in [0, 0.05) is 17.1 Å². The summed E-state index contributed by atoms with van der Waals surface area (Å²) < 4.78 is 1.87. The molecule has 106 valence electrons. The number of halogens is 2. The Hall–Kier alpha value is 0.0900. The molecule has 0 saturated heterocycles. The average molecular weight is 410 g/mol. The van der Waals surface area contributed by atoms with Gasteiger partial charge in [-0.05, 0) is 56.7 Å². The molecule has 3 nitrogen and oxygen atoms in total. The Morgan fingerprint density at radius 1 is 1.42 bits per heavy atom. The van der Waals surface area contributed by atoms with E-state index in [4.69, 9.17) is 5.73 Å². The van der Waals surface area contributed by atoms with Crippen molar-refractivity contribution in [2.75, 3.05) is 6.54 Å². The summed E-state index contributed by atoms with van der Waals surface area (Å²) in [6, 6.07) is 1.95. The number of hydrogen-bond acceptors (Lipinski definition) is 3. The van der Waals surface area contributed by atoms with Gasteiger partial charge in [-0.2, -0.15) is 0 Å². The predicted molar refractivity (Wildman–Crippen MR) is 86.6 cm³/mol. The van der Waals surface area contributed by atoms with Gasteiger partial charge in [0.05, 0.1) is 8.66 Å². The molecule has 1 aromatic rings. The second-order valence-electron chi connectivity index (χ2n) is 4.95. The molecule has 1 fully saturated rings. The van der Waals surface area contributed by atoms with E-state index in [1.807, 2.05) is 6.07 Å². The van der Waals surface area contributed by atoms with Crippen molar-refractivity contribution in [2.24, 2.45) is 11.7 Å². The van der Waals surface area contributed by atoms with Crippen LogP contribution in [-0.2, 0) is 0 Å². The van der Waals surface area contributed by atoms with Crippen LogP contribution in [-0.4, -0.2) is 18.5 Å². The maximum atomic E-state index is 12.2. The van der Waals surface area contributed by atoms with E-state index >= 15 is 0 Å². The molecule has 2 rings (SSSR count). The van der Waals surface area contributed by atoms with Crippen molar-refractivity contribution >= 4 is 49.1 Å². The van der Waals surface area contributed by atoms with Crippen LogP contribution in [0.1, 0.15) is 41.8 Å². The molecule has 1 amide bonds. The summed E-state index contributed by atoms with van der Waals surface area (Å²) in [6.45, 7) is 0.518. The first-order valence-corrected chi connectivity index (χ1v) is 8.98. The number of carbonyl (C=O) groups is 1. The topological polar surface area (TPSA) is 55.1 Å². The Bertz CT molecular complexity index is 424. The van der Waals surface area contributed by atoms with Gasteiger partial charge in [-0.15, -0.1) is 11.3 Å². The Morgan fingerprint density at radius 3 is 2.63 bits per heavy atom. The standard InChI is InChI=1S/C13H18Br2N2OS/c14-9-6-11(19-12(9)15)13(18)17-10(7-16)8-4-2-1-3-5-8/h6,8,10H,1-5,7,16H2,(H,17,18). The number of nitrogens with two attached hydrogens (primary N) is 1. The number of amides is 1. The molecule has 1 aromatic heterocycles. The molecular formula is C13H18Br2N2OS. The molecule has 1 aliphatic carbocycles. The number of thiophene rings is 1. The first kappa shape index (κ1) is 15.5. The highest BCUT2D eigenvalue weighted by molar-refractivity contribution is 9.13. The Morgan fingerprint density at radius 2 is 2.11 bits per heavy atom. The Balaban J connectivity index is 1.99. The fourth-order valence-electron chi connectivity index (χ4n) is 2.60. The van der Waals surface area contributed by atoms with Crippen molar-refractivity contribution in [1.82, 2.24) is 5.32 Å². The van der Waals surface area contributed by atoms with Crippen LogP contribution in [0.15, 0.2) is 14.3 Å². The molecule has 1 saturated carbocycles. The van der Waals surface area contributed by atoms with Crippen LogP contribution in [0, 0.1) is 5.92 Å². The van der Waals surface area contributed by atoms with E-state index in [0.29, 0.717) is 17.3 Å². The molecule has 1 unspecified atom stereocenters. The first-order valence-electron chi connectivity index (χ1n) is 6.57. The molecule has 19 heavy (non-hydrogen) atoms. The monoisotopic (exact) mass is 408 g/mol. The quantitative estimate of drug-likeness (QED) is 0.791. The normalized spacial score (nSPS) is 18.3. The van der Waals surface area contributed by atoms with Crippen LogP contribution in [0.5, 0.6) is 0 Å². The van der Waals surface area contributed by atoms with Crippen LogP contribution >= 0.6 is 43.2 Å². The molecule has 0 aromatic carbocycles. The molecule has 3 N–H and O–H groups in total. The average Bonchev–Trinajstić information content (AvgIpc) is 2.77. The molecule has 1 atom stereocenters. The minimum absolute atomic E-state index is 0.0163. The highest BCUT2D eigenvalue weighted by atomic mass is 79.9. The van der Waals surface area contributed by atoms with Crippen molar-refractivity contribution in [1.29, 1.82) is 0 Å². The summed E-state index contributed by atoms with van der Waals surface area (Å²) >= 11 is 8.25. The fraction of sp³-hybridized carbons (Fsp3) is 0.615. The van der Waals surface area contributed by atoms with Gasteiger partial charge in [-0.3, -0.25) is 4.79 Å². The van der Waals surface area contributed by atoms with Gasteiger partial charge in [-0.25, -0.2) is 0 Å². The molecule has 0 aliphatic heterocycles. The van der Waals surface area contributed by atoms with Gasteiger partial charge < -0.3 is 11.1 Å². The molecule has 1 heterocycles. The lowest BCUT2D eigenvalue weighted by Gasteiger charge is -2.29. The third-order valence-corrected chi connectivity index (χ3v) is 6.91.